The van der Waals surface area contributed by atoms with Crippen molar-refractivity contribution in [3.8, 4) is 5.75 Å². The zero-order chi connectivity index (χ0) is 27.1. The molecule has 7 nitrogen and oxygen atoms in total. The van der Waals surface area contributed by atoms with Gasteiger partial charge in [-0.3, -0.25) is 9.10 Å². The average Bonchev–Trinajstić information content (AvgIpc) is 2.92. The van der Waals surface area contributed by atoms with Crippen LogP contribution in [-0.2, 0) is 21.4 Å². The molecule has 0 radical (unpaired) electrons. The summed E-state index contributed by atoms with van der Waals surface area (Å²) in [7, 11) is -3.97. The SMILES string of the molecule is CCOc1ccc(N(CC(=O)NCc2ccc(N3CCCC(C)C3)cc2)S(=O)(=O)c2ccc(C)cc2)cc1. The molecule has 1 fully saturated rings. The van der Waals surface area contributed by atoms with Crippen LogP contribution in [0.2, 0.25) is 0 Å². The number of carbonyl (C=O) groups excluding carboxylic acids is 1. The van der Waals surface area contributed by atoms with Crippen LogP contribution in [0, 0.1) is 12.8 Å². The highest BCUT2D eigenvalue weighted by atomic mass is 32.2. The van der Waals surface area contributed by atoms with Crippen LogP contribution >= 0.6 is 0 Å². The van der Waals surface area contributed by atoms with Gasteiger partial charge in [-0.2, -0.15) is 0 Å². The summed E-state index contributed by atoms with van der Waals surface area (Å²) in [5.41, 5.74) is 3.50. The molecule has 3 aromatic carbocycles. The summed E-state index contributed by atoms with van der Waals surface area (Å²) in [6.07, 6.45) is 2.48. The summed E-state index contributed by atoms with van der Waals surface area (Å²) in [6, 6.07) is 21.6. The number of hydrogen-bond acceptors (Lipinski definition) is 5. The molecule has 1 saturated heterocycles. The molecule has 1 unspecified atom stereocenters. The Morgan fingerprint density at radius 2 is 1.71 bits per heavy atom. The minimum atomic E-state index is -3.97. The molecule has 1 aliphatic heterocycles. The summed E-state index contributed by atoms with van der Waals surface area (Å²) in [6.45, 7) is 8.67. The zero-order valence-corrected chi connectivity index (χ0v) is 23.2. The minimum Gasteiger partial charge on any atom is -0.494 e. The molecule has 38 heavy (non-hydrogen) atoms. The van der Waals surface area contributed by atoms with E-state index in [0.29, 0.717) is 30.5 Å². The van der Waals surface area contributed by atoms with Crippen LogP contribution in [0.1, 0.15) is 37.8 Å². The highest BCUT2D eigenvalue weighted by Crippen LogP contribution is 2.26. The van der Waals surface area contributed by atoms with Gasteiger partial charge in [-0.05, 0) is 86.7 Å². The highest BCUT2D eigenvalue weighted by Gasteiger charge is 2.27. The molecule has 202 valence electrons. The molecular formula is C30H37N3O4S. The van der Waals surface area contributed by atoms with Gasteiger partial charge in [0.1, 0.15) is 12.3 Å². The Morgan fingerprint density at radius 3 is 2.34 bits per heavy atom. The number of aryl methyl sites for hydroxylation is 1. The number of carbonyl (C=O) groups is 1. The Balaban J connectivity index is 1.46. The van der Waals surface area contributed by atoms with Crippen molar-refractivity contribution >= 4 is 27.3 Å². The van der Waals surface area contributed by atoms with E-state index >= 15 is 0 Å². The van der Waals surface area contributed by atoms with E-state index in [1.165, 1.54) is 18.5 Å². The van der Waals surface area contributed by atoms with Crippen molar-refractivity contribution in [1.29, 1.82) is 0 Å². The predicted molar refractivity (Wildman–Crippen MR) is 152 cm³/mol. The summed E-state index contributed by atoms with van der Waals surface area (Å²) in [5.74, 6) is 0.941. The maximum Gasteiger partial charge on any atom is 0.264 e. The number of rotatable bonds is 10. The van der Waals surface area contributed by atoms with E-state index in [0.717, 1.165) is 28.5 Å². The van der Waals surface area contributed by atoms with Gasteiger partial charge < -0.3 is 15.0 Å². The third-order valence-electron chi connectivity index (χ3n) is 6.78. The van der Waals surface area contributed by atoms with Crippen molar-refractivity contribution in [3.63, 3.8) is 0 Å². The standard InChI is InChI=1S/C30H37N3O4S/c1-4-37-28-15-13-27(14-16-28)33(38(35,36)29-17-7-23(2)8-18-29)22-30(34)31-20-25-9-11-26(12-10-25)32-19-5-6-24(3)21-32/h7-18,24H,4-6,19-22H2,1-3H3,(H,31,34). The van der Waals surface area contributed by atoms with Crippen LogP contribution < -0.4 is 19.3 Å². The lowest BCUT2D eigenvalue weighted by Gasteiger charge is -2.32. The van der Waals surface area contributed by atoms with Gasteiger partial charge in [-0.25, -0.2) is 8.42 Å². The van der Waals surface area contributed by atoms with Crippen molar-refractivity contribution in [2.24, 2.45) is 5.92 Å². The molecular weight excluding hydrogens is 498 g/mol. The molecule has 1 N–H and O–H groups in total. The summed E-state index contributed by atoms with van der Waals surface area (Å²) >= 11 is 0. The Kier molecular flexibility index (Phi) is 8.94. The van der Waals surface area contributed by atoms with E-state index in [-0.39, 0.29) is 17.3 Å². The van der Waals surface area contributed by atoms with E-state index in [9.17, 15) is 13.2 Å². The van der Waals surface area contributed by atoms with Crippen LogP contribution in [0.15, 0.2) is 77.7 Å². The van der Waals surface area contributed by atoms with Gasteiger partial charge in [-0.15, -0.1) is 0 Å². The van der Waals surface area contributed by atoms with E-state index in [1.807, 2.05) is 26.0 Å². The number of ether oxygens (including phenoxy) is 1. The third-order valence-corrected chi connectivity index (χ3v) is 8.57. The van der Waals surface area contributed by atoms with Crippen molar-refractivity contribution in [2.45, 2.75) is 45.1 Å². The van der Waals surface area contributed by atoms with Crippen molar-refractivity contribution in [3.05, 3.63) is 83.9 Å². The first-order valence-corrected chi connectivity index (χ1v) is 14.6. The van der Waals surface area contributed by atoms with Gasteiger partial charge in [0, 0.05) is 25.3 Å². The highest BCUT2D eigenvalue weighted by molar-refractivity contribution is 7.92. The summed E-state index contributed by atoms with van der Waals surface area (Å²) in [4.78, 5) is 15.5. The normalized spacial score (nSPS) is 15.7. The van der Waals surface area contributed by atoms with Crippen LogP contribution in [0.5, 0.6) is 5.75 Å². The van der Waals surface area contributed by atoms with Crippen molar-refractivity contribution in [2.75, 3.05) is 35.4 Å². The van der Waals surface area contributed by atoms with Gasteiger partial charge in [0.2, 0.25) is 5.91 Å². The fourth-order valence-corrected chi connectivity index (χ4v) is 6.08. The molecule has 1 atom stereocenters. The van der Waals surface area contributed by atoms with Gasteiger partial charge in [0.25, 0.3) is 10.0 Å². The smallest absolute Gasteiger partial charge is 0.264 e. The topological polar surface area (TPSA) is 79.0 Å². The number of piperidine rings is 1. The number of benzene rings is 3. The molecule has 0 spiro atoms. The van der Waals surface area contributed by atoms with Crippen molar-refractivity contribution < 1.29 is 17.9 Å². The molecule has 1 aliphatic rings. The van der Waals surface area contributed by atoms with Crippen LogP contribution in [0.25, 0.3) is 0 Å². The quantitative estimate of drug-likeness (QED) is 0.389. The first-order chi connectivity index (χ1) is 18.3. The maximum atomic E-state index is 13.6. The molecule has 1 heterocycles. The minimum absolute atomic E-state index is 0.132. The van der Waals surface area contributed by atoms with E-state index in [1.54, 1.807) is 48.5 Å². The summed E-state index contributed by atoms with van der Waals surface area (Å²) < 4.78 is 33.8. The Bertz CT molecular complexity index is 1310. The number of nitrogens with zero attached hydrogens (tertiary/aromatic N) is 2. The van der Waals surface area contributed by atoms with E-state index < -0.39 is 10.0 Å². The van der Waals surface area contributed by atoms with Gasteiger partial charge >= 0.3 is 0 Å². The lowest BCUT2D eigenvalue weighted by molar-refractivity contribution is -0.119. The Morgan fingerprint density at radius 1 is 1.03 bits per heavy atom. The maximum absolute atomic E-state index is 13.6. The van der Waals surface area contributed by atoms with Crippen LogP contribution in [0.3, 0.4) is 0 Å². The molecule has 3 aromatic rings. The molecule has 0 aliphatic carbocycles. The molecule has 8 heteroatoms. The van der Waals surface area contributed by atoms with Gasteiger partial charge in [-0.1, -0.05) is 36.8 Å². The van der Waals surface area contributed by atoms with E-state index in [4.69, 9.17) is 4.74 Å². The van der Waals surface area contributed by atoms with E-state index in [2.05, 4.69) is 29.3 Å². The number of hydrogen-bond donors (Lipinski definition) is 1. The first kappa shape index (κ1) is 27.5. The Hall–Kier alpha value is -3.52. The number of anilines is 2. The fraction of sp³-hybridized carbons (Fsp3) is 0.367. The second kappa shape index (κ2) is 12.3. The largest absolute Gasteiger partial charge is 0.494 e. The lowest BCUT2D eigenvalue weighted by atomic mass is 9.99. The second-order valence-electron chi connectivity index (χ2n) is 9.89. The molecule has 4 rings (SSSR count). The summed E-state index contributed by atoms with van der Waals surface area (Å²) in [5, 5.41) is 2.89. The van der Waals surface area contributed by atoms with Gasteiger partial charge in [0.05, 0.1) is 17.2 Å². The molecule has 0 saturated carbocycles. The lowest BCUT2D eigenvalue weighted by Crippen LogP contribution is -2.40. The number of sulfonamides is 1. The van der Waals surface area contributed by atoms with Crippen molar-refractivity contribution in [1.82, 2.24) is 5.32 Å². The first-order valence-electron chi connectivity index (χ1n) is 13.2. The second-order valence-corrected chi connectivity index (χ2v) is 11.8. The third kappa shape index (κ3) is 6.86. The predicted octanol–water partition coefficient (Wildman–Crippen LogP) is 5.14. The zero-order valence-electron chi connectivity index (χ0n) is 22.4. The molecule has 1 amide bonds. The average molecular weight is 536 g/mol. The van der Waals surface area contributed by atoms with Gasteiger partial charge in [0.15, 0.2) is 0 Å². The van der Waals surface area contributed by atoms with Crippen LogP contribution in [-0.4, -0.2) is 40.6 Å². The monoisotopic (exact) mass is 535 g/mol. The van der Waals surface area contributed by atoms with Crippen LogP contribution in [0.4, 0.5) is 11.4 Å². The molecule has 0 aromatic heterocycles. The Labute approximate surface area is 226 Å². The fourth-order valence-electron chi connectivity index (χ4n) is 4.66. The molecule has 0 bridgehead atoms. The number of amides is 1. The number of nitrogens with one attached hydrogen (secondary N) is 1.